The fourth-order valence-corrected chi connectivity index (χ4v) is 2.82. The average Bonchev–Trinajstić information content (AvgIpc) is 2.41. The molecule has 1 aliphatic heterocycles. The number of anilines is 1. The summed E-state index contributed by atoms with van der Waals surface area (Å²) in [6, 6.07) is 5.65. The topological polar surface area (TPSA) is 82.1 Å². The molecule has 0 radical (unpaired) electrons. The van der Waals surface area contributed by atoms with Gasteiger partial charge in [0.25, 0.3) is 0 Å². The lowest BCUT2D eigenvalue weighted by Crippen LogP contribution is -2.42. The van der Waals surface area contributed by atoms with E-state index in [-0.39, 0.29) is 11.9 Å². The minimum absolute atomic E-state index is 0.0747. The summed E-state index contributed by atoms with van der Waals surface area (Å²) in [4.78, 5) is 2.14. The van der Waals surface area contributed by atoms with E-state index in [0.717, 1.165) is 23.1 Å². The first-order chi connectivity index (χ1) is 9.02. The number of benzene rings is 1. The third-order valence-electron chi connectivity index (χ3n) is 3.62. The number of piperidine rings is 1. The maximum absolute atomic E-state index is 9.93. The molecule has 1 aromatic rings. The Kier molecular flexibility index (Phi) is 4.31. The molecule has 0 saturated carbocycles. The molecule has 1 fully saturated rings. The lowest BCUT2D eigenvalue weighted by atomic mass is 9.95. The highest BCUT2D eigenvalue weighted by atomic mass is 79.9. The van der Waals surface area contributed by atoms with Crippen LogP contribution in [0.1, 0.15) is 18.9 Å². The molecular formula is C13H18BrN3O2. The molecule has 1 aromatic carbocycles. The molecule has 1 saturated heterocycles. The number of β-amino-alcohol motifs (C(OH)–C–C–N with tert-alkyl or cyclic N) is 1. The zero-order valence-corrected chi connectivity index (χ0v) is 12.3. The van der Waals surface area contributed by atoms with Crippen molar-refractivity contribution < 1.29 is 10.3 Å². The Labute approximate surface area is 120 Å². The van der Waals surface area contributed by atoms with Crippen molar-refractivity contribution in [1.29, 1.82) is 0 Å². The maximum Gasteiger partial charge on any atom is 0.171 e. The van der Waals surface area contributed by atoms with Gasteiger partial charge in [-0.15, -0.1) is 0 Å². The summed E-state index contributed by atoms with van der Waals surface area (Å²) in [5, 5.41) is 21.6. The minimum atomic E-state index is -0.295. The maximum atomic E-state index is 9.93. The van der Waals surface area contributed by atoms with E-state index in [1.807, 2.05) is 12.1 Å². The number of hydrogen-bond acceptors (Lipinski definition) is 4. The molecule has 19 heavy (non-hydrogen) atoms. The Hall–Kier alpha value is -1.27. The minimum Gasteiger partial charge on any atom is -0.409 e. The van der Waals surface area contributed by atoms with Crippen molar-refractivity contribution in [3.05, 3.63) is 28.2 Å². The molecule has 0 aliphatic carbocycles. The highest BCUT2D eigenvalue weighted by molar-refractivity contribution is 9.10. The fraction of sp³-hybridized carbons (Fsp3) is 0.462. The van der Waals surface area contributed by atoms with Gasteiger partial charge in [0, 0.05) is 28.8 Å². The standard InChI is InChI=1S/C13H18BrN3O2/c1-8-4-5-17(7-12(8)18)9-2-3-10(11(14)6-9)13(15)16-19/h2-3,6,8,12,18-19H,4-5,7H2,1H3,(H2,15,16). The Morgan fingerprint density at radius 3 is 2.84 bits per heavy atom. The van der Waals surface area contributed by atoms with Crippen LogP contribution in [0.15, 0.2) is 27.8 Å². The number of rotatable bonds is 2. The molecule has 0 bridgehead atoms. The van der Waals surface area contributed by atoms with Crippen LogP contribution in [0.3, 0.4) is 0 Å². The predicted molar refractivity (Wildman–Crippen MR) is 78.7 cm³/mol. The van der Waals surface area contributed by atoms with Gasteiger partial charge in [0.15, 0.2) is 5.84 Å². The SMILES string of the molecule is CC1CCN(c2ccc(/C(N)=N/O)c(Br)c2)CC1O. The van der Waals surface area contributed by atoms with E-state index in [4.69, 9.17) is 10.9 Å². The van der Waals surface area contributed by atoms with Crippen LogP contribution in [-0.2, 0) is 0 Å². The number of nitrogens with two attached hydrogens (primary N) is 1. The number of nitrogens with zero attached hydrogens (tertiary/aromatic N) is 2. The fourth-order valence-electron chi connectivity index (χ4n) is 2.25. The Balaban J connectivity index is 2.21. The van der Waals surface area contributed by atoms with Gasteiger partial charge in [-0.1, -0.05) is 12.1 Å². The largest absolute Gasteiger partial charge is 0.409 e. The third kappa shape index (κ3) is 3.01. The summed E-state index contributed by atoms with van der Waals surface area (Å²) >= 11 is 3.42. The van der Waals surface area contributed by atoms with E-state index in [1.165, 1.54) is 0 Å². The second-order valence-corrected chi connectivity index (χ2v) is 5.78. The average molecular weight is 328 g/mol. The Bertz CT molecular complexity index is 493. The molecule has 0 aromatic heterocycles. The molecule has 5 nitrogen and oxygen atoms in total. The van der Waals surface area contributed by atoms with Gasteiger partial charge in [0.2, 0.25) is 0 Å². The van der Waals surface area contributed by atoms with Gasteiger partial charge in [-0.25, -0.2) is 0 Å². The zero-order valence-electron chi connectivity index (χ0n) is 10.8. The van der Waals surface area contributed by atoms with E-state index >= 15 is 0 Å². The second-order valence-electron chi connectivity index (χ2n) is 4.93. The monoisotopic (exact) mass is 327 g/mol. The number of aliphatic hydroxyl groups is 1. The van der Waals surface area contributed by atoms with Crippen molar-refractivity contribution in [2.75, 3.05) is 18.0 Å². The predicted octanol–water partition coefficient (Wildman–Crippen LogP) is 1.75. The van der Waals surface area contributed by atoms with Crippen LogP contribution in [0.2, 0.25) is 0 Å². The molecule has 1 aliphatic rings. The first-order valence-electron chi connectivity index (χ1n) is 6.23. The first kappa shape index (κ1) is 14.1. The number of halogens is 1. The number of oxime groups is 1. The molecule has 2 unspecified atom stereocenters. The summed E-state index contributed by atoms with van der Waals surface area (Å²) in [6.45, 7) is 3.63. The highest BCUT2D eigenvalue weighted by Gasteiger charge is 2.24. The Morgan fingerprint density at radius 1 is 1.53 bits per heavy atom. The van der Waals surface area contributed by atoms with Gasteiger partial charge < -0.3 is 20.9 Å². The lowest BCUT2D eigenvalue weighted by molar-refractivity contribution is 0.103. The highest BCUT2D eigenvalue weighted by Crippen LogP contribution is 2.27. The van der Waals surface area contributed by atoms with Crippen LogP contribution in [0.4, 0.5) is 5.69 Å². The third-order valence-corrected chi connectivity index (χ3v) is 4.28. The van der Waals surface area contributed by atoms with Gasteiger partial charge in [0.05, 0.1) is 6.10 Å². The molecule has 104 valence electrons. The zero-order chi connectivity index (χ0) is 14.0. The van der Waals surface area contributed by atoms with E-state index < -0.39 is 0 Å². The molecule has 1 heterocycles. The van der Waals surface area contributed by atoms with Gasteiger partial charge in [-0.05, 0) is 46.5 Å². The first-order valence-corrected chi connectivity index (χ1v) is 7.02. The van der Waals surface area contributed by atoms with Gasteiger partial charge >= 0.3 is 0 Å². The number of aliphatic hydroxyl groups excluding tert-OH is 1. The van der Waals surface area contributed by atoms with Crippen molar-refractivity contribution in [2.45, 2.75) is 19.4 Å². The van der Waals surface area contributed by atoms with Gasteiger partial charge in [0.1, 0.15) is 0 Å². The summed E-state index contributed by atoms with van der Waals surface area (Å²) in [6.07, 6.45) is 0.678. The molecule has 2 atom stereocenters. The summed E-state index contributed by atoms with van der Waals surface area (Å²) in [7, 11) is 0. The number of amidine groups is 1. The Morgan fingerprint density at radius 2 is 2.26 bits per heavy atom. The van der Waals surface area contributed by atoms with Crippen molar-refractivity contribution >= 4 is 27.5 Å². The van der Waals surface area contributed by atoms with E-state index in [2.05, 4.69) is 32.9 Å². The van der Waals surface area contributed by atoms with E-state index in [1.54, 1.807) is 6.07 Å². The van der Waals surface area contributed by atoms with Crippen LogP contribution in [-0.4, -0.2) is 35.3 Å². The van der Waals surface area contributed by atoms with E-state index in [9.17, 15) is 5.11 Å². The second kappa shape index (κ2) is 5.79. The van der Waals surface area contributed by atoms with E-state index in [0.29, 0.717) is 18.0 Å². The van der Waals surface area contributed by atoms with Crippen LogP contribution in [0, 0.1) is 5.92 Å². The number of hydrogen-bond donors (Lipinski definition) is 3. The van der Waals surface area contributed by atoms with Crippen molar-refractivity contribution in [1.82, 2.24) is 0 Å². The van der Waals surface area contributed by atoms with Crippen LogP contribution < -0.4 is 10.6 Å². The van der Waals surface area contributed by atoms with Gasteiger partial charge in [-0.3, -0.25) is 0 Å². The summed E-state index contributed by atoms with van der Waals surface area (Å²) < 4.78 is 0.772. The normalized spacial score (nSPS) is 24.6. The van der Waals surface area contributed by atoms with Crippen LogP contribution >= 0.6 is 15.9 Å². The molecule has 0 spiro atoms. The van der Waals surface area contributed by atoms with Crippen molar-refractivity contribution in [3.63, 3.8) is 0 Å². The molecule has 2 rings (SSSR count). The molecule has 4 N–H and O–H groups in total. The van der Waals surface area contributed by atoms with Crippen molar-refractivity contribution in [2.24, 2.45) is 16.8 Å². The van der Waals surface area contributed by atoms with Crippen molar-refractivity contribution in [3.8, 4) is 0 Å². The smallest absolute Gasteiger partial charge is 0.171 e. The van der Waals surface area contributed by atoms with Gasteiger partial charge in [-0.2, -0.15) is 0 Å². The molecule has 6 heteroatoms. The van der Waals surface area contributed by atoms with Crippen LogP contribution in [0.5, 0.6) is 0 Å². The van der Waals surface area contributed by atoms with Crippen LogP contribution in [0.25, 0.3) is 0 Å². The molecular weight excluding hydrogens is 310 g/mol. The quantitative estimate of drug-likeness (QED) is 0.334. The molecule has 0 amide bonds. The lowest BCUT2D eigenvalue weighted by Gasteiger charge is -2.36. The summed E-state index contributed by atoms with van der Waals surface area (Å²) in [5.74, 6) is 0.418. The summed E-state index contributed by atoms with van der Waals surface area (Å²) in [5.41, 5.74) is 7.25.